The van der Waals surface area contributed by atoms with Crippen molar-refractivity contribution in [3.8, 4) is 0 Å². The molecule has 0 saturated heterocycles. The Morgan fingerprint density at radius 3 is 2.74 bits per heavy atom. The highest BCUT2D eigenvalue weighted by Gasteiger charge is 2.18. The Labute approximate surface area is 115 Å². The number of halogens is 1. The first-order valence-electron chi connectivity index (χ1n) is 5.00. The van der Waals surface area contributed by atoms with Crippen molar-refractivity contribution in [2.75, 3.05) is 11.1 Å². The van der Waals surface area contributed by atoms with E-state index in [1.807, 2.05) is 0 Å². The fourth-order valence-electron chi connectivity index (χ4n) is 1.38. The number of H-pyrrole nitrogens is 1. The van der Waals surface area contributed by atoms with Crippen molar-refractivity contribution in [3.05, 3.63) is 34.1 Å². The summed E-state index contributed by atoms with van der Waals surface area (Å²) in [5, 5.41) is 17.3. The molecule has 1 amide bonds. The van der Waals surface area contributed by atoms with Crippen molar-refractivity contribution in [1.82, 2.24) is 15.2 Å². The lowest BCUT2D eigenvalue weighted by molar-refractivity contribution is 0.0698. The van der Waals surface area contributed by atoms with Crippen LogP contribution in [0.4, 0.5) is 11.6 Å². The Morgan fingerprint density at radius 1 is 1.42 bits per heavy atom. The molecule has 0 saturated carbocycles. The van der Waals surface area contributed by atoms with Crippen LogP contribution in [0.3, 0.4) is 0 Å². The van der Waals surface area contributed by atoms with Gasteiger partial charge in [-0.2, -0.15) is 4.98 Å². The third kappa shape index (κ3) is 2.71. The molecular formula is C10H8BrN5O3. The van der Waals surface area contributed by atoms with Gasteiger partial charge in [-0.15, -0.1) is 5.10 Å². The highest BCUT2D eigenvalue weighted by molar-refractivity contribution is 9.10. The van der Waals surface area contributed by atoms with Gasteiger partial charge in [0.25, 0.3) is 5.91 Å². The van der Waals surface area contributed by atoms with Crippen LogP contribution in [0.1, 0.15) is 21.0 Å². The number of nitrogens with one attached hydrogen (secondary N) is 2. The van der Waals surface area contributed by atoms with E-state index in [1.165, 1.54) is 6.07 Å². The molecule has 0 bridgehead atoms. The maximum atomic E-state index is 11.8. The molecule has 19 heavy (non-hydrogen) atoms. The van der Waals surface area contributed by atoms with Gasteiger partial charge in [0.1, 0.15) is 0 Å². The average Bonchev–Trinajstić information content (AvgIpc) is 2.78. The van der Waals surface area contributed by atoms with Crippen LogP contribution in [0.15, 0.2) is 22.7 Å². The molecule has 98 valence electrons. The van der Waals surface area contributed by atoms with E-state index < -0.39 is 11.9 Å². The van der Waals surface area contributed by atoms with E-state index in [4.69, 9.17) is 10.8 Å². The predicted octanol–water partition coefficient (Wildman–Crippen LogP) is 1.10. The van der Waals surface area contributed by atoms with Crippen LogP contribution in [0, 0.1) is 0 Å². The molecule has 0 aliphatic carbocycles. The summed E-state index contributed by atoms with van der Waals surface area (Å²) in [5.41, 5.74) is 5.37. The summed E-state index contributed by atoms with van der Waals surface area (Å²) in [6.07, 6.45) is 0. The van der Waals surface area contributed by atoms with Crippen LogP contribution < -0.4 is 11.1 Å². The number of nitrogen functional groups attached to an aromatic ring is 1. The van der Waals surface area contributed by atoms with Crippen LogP contribution in [0.25, 0.3) is 0 Å². The number of hydrogen-bond acceptors (Lipinski definition) is 5. The summed E-state index contributed by atoms with van der Waals surface area (Å²) in [5.74, 6) is -1.98. The zero-order chi connectivity index (χ0) is 14.0. The Morgan fingerprint density at radius 2 is 2.16 bits per heavy atom. The molecule has 0 atom stereocenters. The van der Waals surface area contributed by atoms with E-state index in [1.54, 1.807) is 12.1 Å². The van der Waals surface area contributed by atoms with Crippen LogP contribution in [-0.4, -0.2) is 32.2 Å². The first kappa shape index (κ1) is 13.0. The van der Waals surface area contributed by atoms with E-state index in [0.717, 1.165) is 0 Å². The molecule has 9 heteroatoms. The Bertz CT molecular complexity index is 654. The van der Waals surface area contributed by atoms with E-state index in [2.05, 4.69) is 36.4 Å². The van der Waals surface area contributed by atoms with Gasteiger partial charge < -0.3 is 16.2 Å². The molecule has 2 aromatic rings. The number of nitrogens with zero attached hydrogens (tertiary/aromatic N) is 2. The number of aromatic nitrogens is 3. The fraction of sp³-hybridized carbons (Fsp3) is 0. The number of carbonyl (C=O) groups excluding carboxylic acids is 1. The maximum Gasteiger partial charge on any atom is 0.337 e. The van der Waals surface area contributed by atoms with E-state index in [-0.39, 0.29) is 23.0 Å². The third-order valence-corrected chi connectivity index (χ3v) is 2.86. The monoisotopic (exact) mass is 325 g/mol. The van der Waals surface area contributed by atoms with Crippen molar-refractivity contribution >= 4 is 39.4 Å². The topological polar surface area (TPSA) is 134 Å². The summed E-state index contributed by atoms with van der Waals surface area (Å²) in [6.45, 7) is 0. The number of aromatic amines is 1. The predicted molar refractivity (Wildman–Crippen MR) is 69.8 cm³/mol. The number of aromatic carboxylic acids is 1. The minimum Gasteiger partial charge on any atom is -0.478 e. The number of carbonyl (C=O) groups is 2. The minimum absolute atomic E-state index is 0.0461. The van der Waals surface area contributed by atoms with Gasteiger partial charge in [-0.3, -0.25) is 9.89 Å². The van der Waals surface area contributed by atoms with Crippen LogP contribution in [-0.2, 0) is 0 Å². The summed E-state index contributed by atoms with van der Waals surface area (Å²) >= 11 is 3.17. The minimum atomic E-state index is -1.16. The first-order valence-corrected chi connectivity index (χ1v) is 5.79. The molecular weight excluding hydrogens is 318 g/mol. The molecule has 0 fully saturated rings. The highest BCUT2D eigenvalue weighted by Crippen LogP contribution is 2.26. The smallest absolute Gasteiger partial charge is 0.337 e. The Hall–Kier alpha value is -2.42. The number of carboxylic acid groups (broad SMARTS) is 1. The van der Waals surface area contributed by atoms with Crippen molar-refractivity contribution in [2.45, 2.75) is 0 Å². The molecule has 0 aliphatic rings. The fourth-order valence-corrected chi connectivity index (χ4v) is 1.84. The second-order valence-electron chi connectivity index (χ2n) is 3.46. The lowest BCUT2D eigenvalue weighted by Gasteiger charge is -2.09. The largest absolute Gasteiger partial charge is 0.478 e. The van der Waals surface area contributed by atoms with Gasteiger partial charge in [-0.05, 0) is 28.1 Å². The SMILES string of the molecule is Nc1n[nH]c(C(=O)Nc2c(Br)cccc2C(=O)O)n1. The lowest BCUT2D eigenvalue weighted by Crippen LogP contribution is -2.16. The van der Waals surface area contributed by atoms with E-state index in [0.29, 0.717) is 4.47 Å². The summed E-state index contributed by atoms with van der Waals surface area (Å²) in [4.78, 5) is 26.6. The Balaban J connectivity index is 2.33. The van der Waals surface area contributed by atoms with Gasteiger partial charge in [0.15, 0.2) is 0 Å². The van der Waals surface area contributed by atoms with E-state index in [9.17, 15) is 9.59 Å². The number of hydrogen-bond donors (Lipinski definition) is 4. The number of anilines is 2. The van der Waals surface area contributed by atoms with Gasteiger partial charge in [0, 0.05) is 4.47 Å². The van der Waals surface area contributed by atoms with Gasteiger partial charge in [0.2, 0.25) is 11.8 Å². The van der Waals surface area contributed by atoms with Crippen LogP contribution in [0.5, 0.6) is 0 Å². The molecule has 1 aromatic heterocycles. The average molecular weight is 326 g/mol. The van der Waals surface area contributed by atoms with Gasteiger partial charge >= 0.3 is 5.97 Å². The lowest BCUT2D eigenvalue weighted by atomic mass is 10.2. The molecule has 0 aliphatic heterocycles. The number of nitrogens with two attached hydrogens (primary N) is 1. The zero-order valence-corrected chi connectivity index (χ0v) is 10.9. The molecule has 5 N–H and O–H groups in total. The maximum absolute atomic E-state index is 11.8. The molecule has 1 heterocycles. The zero-order valence-electron chi connectivity index (χ0n) is 9.35. The van der Waals surface area contributed by atoms with Gasteiger partial charge in [-0.25, -0.2) is 4.79 Å². The third-order valence-electron chi connectivity index (χ3n) is 2.20. The first-order chi connectivity index (χ1) is 8.99. The van der Waals surface area contributed by atoms with Crippen molar-refractivity contribution in [3.63, 3.8) is 0 Å². The Kier molecular flexibility index (Phi) is 3.47. The quantitative estimate of drug-likeness (QED) is 0.667. The highest BCUT2D eigenvalue weighted by atomic mass is 79.9. The number of benzene rings is 1. The van der Waals surface area contributed by atoms with Gasteiger partial charge in [-0.1, -0.05) is 6.07 Å². The van der Waals surface area contributed by atoms with E-state index >= 15 is 0 Å². The van der Waals surface area contributed by atoms with Crippen molar-refractivity contribution in [2.24, 2.45) is 0 Å². The molecule has 2 rings (SSSR count). The molecule has 0 radical (unpaired) electrons. The number of amides is 1. The molecule has 0 unspecified atom stereocenters. The van der Waals surface area contributed by atoms with Gasteiger partial charge in [0.05, 0.1) is 11.3 Å². The summed E-state index contributed by atoms with van der Waals surface area (Å²) in [6, 6.07) is 4.53. The number of para-hydroxylation sites is 1. The van der Waals surface area contributed by atoms with Crippen molar-refractivity contribution in [1.29, 1.82) is 0 Å². The summed E-state index contributed by atoms with van der Waals surface area (Å²) in [7, 11) is 0. The molecule has 0 spiro atoms. The standard InChI is InChI=1S/C10H8BrN5O3/c11-5-3-1-2-4(9(18)19)6(5)13-8(17)7-14-10(12)16-15-7/h1-3H,(H,13,17)(H,18,19)(H3,12,14,15,16). The second kappa shape index (κ2) is 5.06. The normalized spacial score (nSPS) is 10.2. The van der Waals surface area contributed by atoms with Crippen LogP contribution >= 0.6 is 15.9 Å². The van der Waals surface area contributed by atoms with Crippen LogP contribution in [0.2, 0.25) is 0 Å². The van der Waals surface area contributed by atoms with Crippen molar-refractivity contribution < 1.29 is 14.7 Å². The second-order valence-corrected chi connectivity index (χ2v) is 4.32. The number of carboxylic acids is 1. The molecule has 1 aromatic carbocycles. The summed E-state index contributed by atoms with van der Waals surface area (Å²) < 4.78 is 0.438. The number of rotatable bonds is 3. The molecule has 8 nitrogen and oxygen atoms in total.